The lowest BCUT2D eigenvalue weighted by molar-refractivity contribution is 0.590. The summed E-state index contributed by atoms with van der Waals surface area (Å²) in [7, 11) is -3.61. The van der Waals surface area contributed by atoms with E-state index in [1.807, 2.05) is 31.2 Å². The van der Waals surface area contributed by atoms with Crippen LogP contribution in [0.4, 0.5) is 5.69 Å². The highest BCUT2D eigenvalue weighted by Gasteiger charge is 2.34. The molecule has 21 heavy (non-hydrogen) atoms. The molecule has 6 heteroatoms. The highest BCUT2D eigenvalue weighted by atomic mass is 35.5. The van der Waals surface area contributed by atoms with Gasteiger partial charge in [0, 0.05) is 18.7 Å². The van der Waals surface area contributed by atoms with E-state index in [1.54, 1.807) is 13.0 Å². The van der Waals surface area contributed by atoms with E-state index in [0.717, 1.165) is 11.3 Å². The topological polar surface area (TPSA) is 50.3 Å². The normalized spacial score (nSPS) is 17.9. The average Bonchev–Trinajstić information content (AvgIpc) is 2.80. The number of hydrogen-bond donors (Lipinski definition) is 0. The minimum Gasteiger partial charge on any atom is -0.265 e. The van der Waals surface area contributed by atoms with Gasteiger partial charge < -0.3 is 0 Å². The number of rotatable bonds is 2. The van der Waals surface area contributed by atoms with E-state index in [9.17, 15) is 8.42 Å². The monoisotopic (exact) mass is 322 g/mol. The SMILES string of the molecule is Cc1cc(S(=O)(=O)N2CC(C)c3ccccc32)cnc1Cl. The number of aromatic nitrogens is 1. The number of benzene rings is 1. The van der Waals surface area contributed by atoms with E-state index in [0.29, 0.717) is 17.3 Å². The Morgan fingerprint density at radius 3 is 2.76 bits per heavy atom. The molecule has 110 valence electrons. The Bertz CT molecular complexity index is 805. The lowest BCUT2D eigenvalue weighted by Crippen LogP contribution is -2.29. The molecular weight excluding hydrogens is 308 g/mol. The van der Waals surface area contributed by atoms with E-state index in [1.165, 1.54) is 10.5 Å². The molecule has 1 atom stereocenters. The van der Waals surface area contributed by atoms with E-state index in [2.05, 4.69) is 4.98 Å². The summed E-state index contributed by atoms with van der Waals surface area (Å²) in [5.41, 5.74) is 2.45. The standard InChI is InChI=1S/C15H15ClN2O2S/c1-10-7-12(8-17-15(10)16)21(19,20)18-9-11(2)13-5-3-4-6-14(13)18/h3-8,11H,9H2,1-2H3. The number of pyridine rings is 1. The maximum Gasteiger partial charge on any atom is 0.265 e. The van der Waals surface area contributed by atoms with Crippen LogP contribution in [0.15, 0.2) is 41.4 Å². The van der Waals surface area contributed by atoms with Gasteiger partial charge in [0.05, 0.1) is 5.69 Å². The van der Waals surface area contributed by atoms with Gasteiger partial charge in [0.25, 0.3) is 10.0 Å². The average molecular weight is 323 g/mol. The molecule has 4 nitrogen and oxygen atoms in total. The third-order valence-electron chi connectivity index (χ3n) is 3.75. The summed E-state index contributed by atoms with van der Waals surface area (Å²) in [5.74, 6) is 0.178. The zero-order valence-electron chi connectivity index (χ0n) is 11.7. The quantitative estimate of drug-likeness (QED) is 0.797. The van der Waals surface area contributed by atoms with E-state index in [4.69, 9.17) is 11.6 Å². The molecule has 1 unspecified atom stereocenters. The number of hydrogen-bond acceptors (Lipinski definition) is 3. The van der Waals surface area contributed by atoms with Gasteiger partial charge in [-0.15, -0.1) is 0 Å². The fraction of sp³-hybridized carbons (Fsp3) is 0.267. The molecule has 0 N–H and O–H groups in total. The maximum atomic E-state index is 12.8. The molecule has 0 saturated carbocycles. The number of aryl methyl sites for hydroxylation is 1. The number of anilines is 1. The van der Waals surface area contributed by atoms with Crippen molar-refractivity contribution in [1.29, 1.82) is 0 Å². The summed E-state index contributed by atoms with van der Waals surface area (Å²) in [6, 6.07) is 9.16. The molecule has 3 rings (SSSR count). The van der Waals surface area contributed by atoms with Gasteiger partial charge in [-0.3, -0.25) is 4.31 Å². The predicted molar refractivity (Wildman–Crippen MR) is 83.4 cm³/mol. The Morgan fingerprint density at radius 1 is 1.33 bits per heavy atom. The Morgan fingerprint density at radius 2 is 2.05 bits per heavy atom. The second kappa shape index (κ2) is 5.00. The molecule has 1 aromatic carbocycles. The van der Waals surface area contributed by atoms with E-state index >= 15 is 0 Å². The first kappa shape index (κ1) is 14.4. The molecule has 0 aliphatic carbocycles. The molecule has 1 aliphatic heterocycles. The Balaban J connectivity index is 2.10. The van der Waals surface area contributed by atoms with Crippen molar-refractivity contribution in [2.24, 2.45) is 0 Å². The van der Waals surface area contributed by atoms with Crippen LogP contribution in [-0.2, 0) is 10.0 Å². The number of nitrogens with zero attached hydrogens (tertiary/aromatic N) is 2. The van der Waals surface area contributed by atoms with Gasteiger partial charge in [-0.25, -0.2) is 13.4 Å². The molecule has 2 heterocycles. The summed E-state index contributed by atoms with van der Waals surface area (Å²) >= 11 is 5.88. The van der Waals surface area contributed by atoms with Crippen LogP contribution in [0.5, 0.6) is 0 Å². The summed E-state index contributed by atoms with van der Waals surface area (Å²) in [6.07, 6.45) is 1.32. The summed E-state index contributed by atoms with van der Waals surface area (Å²) in [4.78, 5) is 4.13. The molecule has 0 amide bonds. The van der Waals surface area contributed by atoms with Gasteiger partial charge in [0.1, 0.15) is 10.0 Å². The number of para-hydroxylation sites is 1. The van der Waals surface area contributed by atoms with Gasteiger partial charge in [-0.2, -0.15) is 0 Å². The van der Waals surface area contributed by atoms with Crippen LogP contribution in [0.3, 0.4) is 0 Å². The van der Waals surface area contributed by atoms with Gasteiger partial charge in [-0.05, 0) is 30.2 Å². The minimum atomic E-state index is -3.61. The highest BCUT2D eigenvalue weighted by molar-refractivity contribution is 7.92. The van der Waals surface area contributed by atoms with Crippen LogP contribution >= 0.6 is 11.6 Å². The van der Waals surface area contributed by atoms with Gasteiger partial charge in [0.2, 0.25) is 0 Å². The van der Waals surface area contributed by atoms with E-state index < -0.39 is 10.0 Å². The van der Waals surface area contributed by atoms with Crippen molar-refractivity contribution >= 4 is 27.3 Å². The van der Waals surface area contributed by atoms with Crippen molar-refractivity contribution < 1.29 is 8.42 Å². The molecule has 2 aromatic rings. The first-order valence-electron chi connectivity index (χ1n) is 6.65. The molecule has 0 bridgehead atoms. The molecular formula is C15H15ClN2O2S. The summed E-state index contributed by atoms with van der Waals surface area (Å²) < 4.78 is 27.2. The Kier molecular flexibility index (Phi) is 3.42. The van der Waals surface area contributed by atoms with Crippen molar-refractivity contribution in [3.63, 3.8) is 0 Å². The molecule has 0 radical (unpaired) electrons. The van der Waals surface area contributed by atoms with Crippen molar-refractivity contribution in [3.05, 3.63) is 52.8 Å². The number of fused-ring (bicyclic) bond motifs is 1. The molecule has 0 fully saturated rings. The first-order chi connectivity index (χ1) is 9.91. The van der Waals surface area contributed by atoms with Crippen LogP contribution in [-0.4, -0.2) is 19.9 Å². The minimum absolute atomic E-state index is 0.174. The zero-order valence-corrected chi connectivity index (χ0v) is 13.3. The third kappa shape index (κ3) is 2.30. The molecule has 0 spiro atoms. The van der Waals surface area contributed by atoms with Crippen LogP contribution < -0.4 is 4.31 Å². The van der Waals surface area contributed by atoms with Crippen molar-refractivity contribution in [3.8, 4) is 0 Å². The van der Waals surface area contributed by atoms with Crippen molar-refractivity contribution in [1.82, 2.24) is 4.98 Å². The number of sulfonamides is 1. The van der Waals surface area contributed by atoms with Crippen LogP contribution in [0.1, 0.15) is 24.0 Å². The maximum absolute atomic E-state index is 12.8. The first-order valence-corrected chi connectivity index (χ1v) is 8.47. The van der Waals surface area contributed by atoms with Crippen molar-refractivity contribution in [2.45, 2.75) is 24.7 Å². The number of halogens is 1. The smallest absolute Gasteiger partial charge is 0.265 e. The van der Waals surface area contributed by atoms with Gasteiger partial charge in [-0.1, -0.05) is 36.7 Å². The molecule has 1 aromatic heterocycles. The highest BCUT2D eigenvalue weighted by Crippen LogP contribution is 2.39. The van der Waals surface area contributed by atoms with Crippen LogP contribution in [0.2, 0.25) is 5.15 Å². The van der Waals surface area contributed by atoms with Gasteiger partial charge in [0.15, 0.2) is 0 Å². The Labute approximate surface area is 129 Å². The second-order valence-corrected chi connectivity index (χ2v) is 7.50. The summed E-state index contributed by atoms with van der Waals surface area (Å²) in [6.45, 7) is 4.22. The fourth-order valence-electron chi connectivity index (χ4n) is 2.61. The zero-order chi connectivity index (χ0) is 15.2. The fourth-order valence-corrected chi connectivity index (χ4v) is 4.32. The predicted octanol–water partition coefficient (Wildman–Crippen LogP) is 3.36. The molecule has 0 saturated heterocycles. The van der Waals surface area contributed by atoms with Crippen LogP contribution in [0, 0.1) is 6.92 Å². The third-order valence-corrected chi connectivity index (χ3v) is 5.89. The second-order valence-electron chi connectivity index (χ2n) is 5.27. The lowest BCUT2D eigenvalue weighted by atomic mass is 10.0. The van der Waals surface area contributed by atoms with Crippen molar-refractivity contribution in [2.75, 3.05) is 10.8 Å². The molecule has 1 aliphatic rings. The van der Waals surface area contributed by atoms with Gasteiger partial charge >= 0.3 is 0 Å². The van der Waals surface area contributed by atoms with Crippen LogP contribution in [0.25, 0.3) is 0 Å². The van der Waals surface area contributed by atoms with E-state index in [-0.39, 0.29) is 10.8 Å². The largest absolute Gasteiger partial charge is 0.265 e. The lowest BCUT2D eigenvalue weighted by Gasteiger charge is -2.20. The Hall–Kier alpha value is -1.59. The summed E-state index contributed by atoms with van der Waals surface area (Å²) in [5, 5.41) is 0.323.